The van der Waals surface area contributed by atoms with Crippen molar-refractivity contribution in [3.63, 3.8) is 0 Å². The van der Waals surface area contributed by atoms with Crippen LogP contribution in [0.3, 0.4) is 0 Å². The molecule has 0 bridgehead atoms. The van der Waals surface area contributed by atoms with Gasteiger partial charge in [0.1, 0.15) is 0 Å². The van der Waals surface area contributed by atoms with E-state index in [1.165, 1.54) is 12.1 Å². The largest absolute Gasteiger partial charge is 0.396 e. The Balaban J connectivity index is 1.84. The van der Waals surface area contributed by atoms with Crippen molar-refractivity contribution in [2.24, 2.45) is 5.92 Å². The second kappa shape index (κ2) is 5.09. The number of aliphatic hydroxyl groups excluding tert-OH is 1. The van der Waals surface area contributed by atoms with Crippen LogP contribution < -0.4 is 5.32 Å². The van der Waals surface area contributed by atoms with Crippen molar-refractivity contribution >= 4 is 22.7 Å². The molecule has 2 unspecified atom stereocenters. The van der Waals surface area contributed by atoms with Gasteiger partial charge in [0, 0.05) is 30.7 Å². The minimum absolute atomic E-state index is 0.0433. The molecule has 106 valence electrons. The molecule has 0 saturated heterocycles. The molecular formula is C13H16N4O3. The summed E-state index contributed by atoms with van der Waals surface area (Å²) in [5.74, 6) is 0.850. The van der Waals surface area contributed by atoms with E-state index in [1.807, 2.05) is 0 Å². The van der Waals surface area contributed by atoms with Gasteiger partial charge >= 0.3 is 0 Å². The lowest BCUT2D eigenvalue weighted by Crippen LogP contribution is -2.26. The Bertz CT molecular complexity index is 640. The smallest absolute Gasteiger partial charge is 0.271 e. The summed E-state index contributed by atoms with van der Waals surface area (Å²) in [7, 11) is 0. The number of hydrogen-bond donors (Lipinski definition) is 3. The maximum atomic E-state index is 10.7. The molecule has 2 atom stereocenters. The standard InChI is InChI=1S/C13H16N4O3/c18-7-8-2-1-3-10(8)14-13-15-11-5-4-9(17(19)20)6-12(11)16-13/h4-6,8,10,18H,1-3,7H2,(H2,14,15,16). The molecule has 3 rings (SSSR count). The maximum Gasteiger partial charge on any atom is 0.271 e. The van der Waals surface area contributed by atoms with Crippen LogP contribution in [0, 0.1) is 16.0 Å². The van der Waals surface area contributed by atoms with E-state index in [9.17, 15) is 15.2 Å². The second-order valence-electron chi connectivity index (χ2n) is 5.17. The fraction of sp³-hybridized carbons (Fsp3) is 0.462. The molecule has 1 aliphatic rings. The number of nitrogens with zero attached hydrogens (tertiary/aromatic N) is 2. The zero-order chi connectivity index (χ0) is 14.1. The van der Waals surface area contributed by atoms with E-state index >= 15 is 0 Å². The molecule has 0 amide bonds. The molecule has 1 aliphatic carbocycles. The molecule has 1 aromatic carbocycles. The summed E-state index contributed by atoms with van der Waals surface area (Å²) in [6, 6.07) is 4.76. The third-order valence-electron chi connectivity index (χ3n) is 3.89. The first kappa shape index (κ1) is 12.9. The van der Waals surface area contributed by atoms with E-state index in [0.29, 0.717) is 17.0 Å². The van der Waals surface area contributed by atoms with Crippen LogP contribution in [0.2, 0.25) is 0 Å². The maximum absolute atomic E-state index is 10.7. The number of aliphatic hydroxyl groups is 1. The Morgan fingerprint density at radius 1 is 1.50 bits per heavy atom. The van der Waals surface area contributed by atoms with Crippen molar-refractivity contribution in [3.8, 4) is 0 Å². The molecule has 1 aromatic heterocycles. The van der Waals surface area contributed by atoms with Crippen LogP contribution in [0.1, 0.15) is 19.3 Å². The Labute approximate surface area is 115 Å². The van der Waals surface area contributed by atoms with Crippen LogP contribution in [0.5, 0.6) is 0 Å². The summed E-state index contributed by atoms with van der Waals surface area (Å²) >= 11 is 0. The quantitative estimate of drug-likeness (QED) is 0.585. The van der Waals surface area contributed by atoms with Gasteiger partial charge in [0.2, 0.25) is 5.95 Å². The minimum Gasteiger partial charge on any atom is -0.396 e. The first-order valence-electron chi connectivity index (χ1n) is 6.69. The van der Waals surface area contributed by atoms with Gasteiger partial charge in [-0.2, -0.15) is 0 Å². The first-order valence-corrected chi connectivity index (χ1v) is 6.69. The van der Waals surface area contributed by atoms with Gasteiger partial charge in [-0.1, -0.05) is 6.42 Å². The number of H-pyrrole nitrogens is 1. The normalized spacial score (nSPS) is 22.2. The number of aromatic amines is 1. The number of aromatic nitrogens is 2. The average Bonchev–Trinajstić information content (AvgIpc) is 3.03. The number of imidazole rings is 1. The highest BCUT2D eigenvalue weighted by molar-refractivity contribution is 5.79. The molecule has 0 spiro atoms. The van der Waals surface area contributed by atoms with Crippen molar-refractivity contribution in [3.05, 3.63) is 28.3 Å². The number of nitrogens with one attached hydrogen (secondary N) is 2. The van der Waals surface area contributed by atoms with Crippen LogP contribution in [-0.2, 0) is 0 Å². The van der Waals surface area contributed by atoms with Gasteiger partial charge in [-0.05, 0) is 18.9 Å². The topological polar surface area (TPSA) is 104 Å². The lowest BCUT2D eigenvalue weighted by molar-refractivity contribution is -0.384. The summed E-state index contributed by atoms with van der Waals surface area (Å²) < 4.78 is 0. The zero-order valence-corrected chi connectivity index (χ0v) is 10.9. The number of hydrogen-bond acceptors (Lipinski definition) is 5. The zero-order valence-electron chi connectivity index (χ0n) is 10.9. The Morgan fingerprint density at radius 3 is 3.10 bits per heavy atom. The predicted molar refractivity (Wildman–Crippen MR) is 74.6 cm³/mol. The molecule has 7 nitrogen and oxygen atoms in total. The van der Waals surface area contributed by atoms with E-state index in [0.717, 1.165) is 19.3 Å². The molecule has 20 heavy (non-hydrogen) atoms. The monoisotopic (exact) mass is 276 g/mol. The minimum atomic E-state index is -0.424. The van der Waals surface area contributed by atoms with Crippen molar-refractivity contribution in [1.82, 2.24) is 9.97 Å². The summed E-state index contributed by atoms with van der Waals surface area (Å²) in [5.41, 5.74) is 1.37. The molecule has 3 N–H and O–H groups in total. The van der Waals surface area contributed by atoms with Gasteiger partial charge in [0.05, 0.1) is 16.0 Å². The van der Waals surface area contributed by atoms with Crippen LogP contribution >= 0.6 is 0 Å². The van der Waals surface area contributed by atoms with Crippen LogP contribution in [-0.4, -0.2) is 32.6 Å². The van der Waals surface area contributed by atoms with Crippen LogP contribution in [0.15, 0.2) is 18.2 Å². The Morgan fingerprint density at radius 2 is 2.35 bits per heavy atom. The van der Waals surface area contributed by atoms with E-state index in [1.54, 1.807) is 6.07 Å². The van der Waals surface area contributed by atoms with Gasteiger partial charge in [0.15, 0.2) is 0 Å². The van der Waals surface area contributed by atoms with E-state index in [4.69, 9.17) is 0 Å². The van der Waals surface area contributed by atoms with E-state index < -0.39 is 4.92 Å². The molecule has 2 aromatic rings. The molecular weight excluding hydrogens is 260 g/mol. The van der Waals surface area contributed by atoms with Gasteiger partial charge in [0.25, 0.3) is 5.69 Å². The van der Waals surface area contributed by atoms with Crippen molar-refractivity contribution in [2.75, 3.05) is 11.9 Å². The van der Waals surface area contributed by atoms with Crippen LogP contribution in [0.4, 0.5) is 11.6 Å². The fourth-order valence-corrected chi connectivity index (χ4v) is 2.80. The summed E-state index contributed by atoms with van der Waals surface area (Å²) in [6.07, 6.45) is 3.11. The Kier molecular flexibility index (Phi) is 3.27. The Hall–Kier alpha value is -2.15. The molecule has 7 heteroatoms. The summed E-state index contributed by atoms with van der Waals surface area (Å²) in [4.78, 5) is 17.7. The highest BCUT2D eigenvalue weighted by atomic mass is 16.6. The molecule has 1 heterocycles. The molecule has 1 saturated carbocycles. The highest BCUT2D eigenvalue weighted by Gasteiger charge is 2.27. The lowest BCUT2D eigenvalue weighted by Gasteiger charge is -2.18. The number of rotatable bonds is 4. The average molecular weight is 276 g/mol. The molecule has 1 fully saturated rings. The van der Waals surface area contributed by atoms with Gasteiger partial charge in [-0.15, -0.1) is 0 Å². The third-order valence-corrected chi connectivity index (χ3v) is 3.89. The van der Waals surface area contributed by atoms with Crippen LogP contribution in [0.25, 0.3) is 11.0 Å². The number of benzene rings is 1. The van der Waals surface area contributed by atoms with Crippen molar-refractivity contribution in [2.45, 2.75) is 25.3 Å². The van der Waals surface area contributed by atoms with E-state index in [-0.39, 0.29) is 24.3 Å². The van der Waals surface area contributed by atoms with Gasteiger partial charge in [-0.25, -0.2) is 4.98 Å². The SMILES string of the molecule is O=[N+]([O-])c1ccc2nc(NC3CCCC3CO)[nH]c2c1. The third kappa shape index (κ3) is 2.32. The number of fused-ring (bicyclic) bond motifs is 1. The number of anilines is 1. The van der Waals surface area contributed by atoms with Crippen molar-refractivity contribution < 1.29 is 10.0 Å². The second-order valence-corrected chi connectivity index (χ2v) is 5.17. The number of nitro benzene ring substituents is 1. The highest BCUT2D eigenvalue weighted by Crippen LogP contribution is 2.28. The number of nitro groups is 1. The lowest BCUT2D eigenvalue weighted by atomic mass is 10.1. The number of non-ortho nitro benzene ring substituents is 1. The molecule has 0 radical (unpaired) electrons. The summed E-state index contributed by atoms with van der Waals surface area (Å²) in [6.45, 7) is 0.170. The summed E-state index contributed by atoms with van der Waals surface area (Å²) in [5, 5.41) is 23.3. The van der Waals surface area contributed by atoms with Crippen molar-refractivity contribution in [1.29, 1.82) is 0 Å². The first-order chi connectivity index (χ1) is 9.67. The van der Waals surface area contributed by atoms with Gasteiger partial charge < -0.3 is 15.4 Å². The fourth-order valence-electron chi connectivity index (χ4n) is 2.80. The van der Waals surface area contributed by atoms with Gasteiger partial charge in [-0.3, -0.25) is 10.1 Å². The predicted octanol–water partition coefficient (Wildman–Crippen LogP) is 2.04. The van der Waals surface area contributed by atoms with E-state index in [2.05, 4.69) is 15.3 Å². The molecule has 0 aliphatic heterocycles.